The zero-order chi connectivity index (χ0) is 19.8. The highest BCUT2D eigenvalue weighted by Gasteiger charge is 2.17. The Morgan fingerprint density at radius 1 is 1.25 bits per heavy atom. The molecule has 0 saturated carbocycles. The SMILES string of the molecule is CCCCNC(=O)CSc1nnc(-c2ccc(OC)cc2)n1Cc1ccco1. The first-order chi connectivity index (χ1) is 13.7. The molecular formula is C20H24N4O3S. The maximum Gasteiger partial charge on any atom is 0.230 e. The number of methoxy groups -OCH3 is 1. The molecule has 148 valence electrons. The Morgan fingerprint density at radius 3 is 2.75 bits per heavy atom. The largest absolute Gasteiger partial charge is 0.497 e. The van der Waals surface area contributed by atoms with Crippen molar-refractivity contribution in [3.05, 3.63) is 48.4 Å². The van der Waals surface area contributed by atoms with Crippen LogP contribution in [0.5, 0.6) is 5.75 Å². The third-order valence-electron chi connectivity index (χ3n) is 4.14. The molecule has 0 aliphatic rings. The second-order valence-electron chi connectivity index (χ2n) is 6.19. The summed E-state index contributed by atoms with van der Waals surface area (Å²) in [6.45, 7) is 3.28. The molecule has 0 aliphatic carbocycles. The van der Waals surface area contributed by atoms with Gasteiger partial charge in [0.25, 0.3) is 0 Å². The van der Waals surface area contributed by atoms with E-state index < -0.39 is 0 Å². The minimum absolute atomic E-state index is 0.00278. The van der Waals surface area contributed by atoms with Crippen molar-refractivity contribution in [1.82, 2.24) is 20.1 Å². The van der Waals surface area contributed by atoms with Crippen molar-refractivity contribution in [2.75, 3.05) is 19.4 Å². The van der Waals surface area contributed by atoms with Gasteiger partial charge in [0.1, 0.15) is 11.5 Å². The summed E-state index contributed by atoms with van der Waals surface area (Å²) in [5, 5.41) is 12.3. The van der Waals surface area contributed by atoms with E-state index >= 15 is 0 Å². The van der Waals surface area contributed by atoms with Gasteiger partial charge in [-0.3, -0.25) is 9.36 Å². The summed E-state index contributed by atoms with van der Waals surface area (Å²) in [6, 6.07) is 11.4. The fourth-order valence-corrected chi connectivity index (χ4v) is 3.40. The highest BCUT2D eigenvalue weighted by atomic mass is 32.2. The van der Waals surface area contributed by atoms with Crippen LogP contribution in [0.25, 0.3) is 11.4 Å². The number of ether oxygens (including phenoxy) is 1. The van der Waals surface area contributed by atoms with E-state index in [1.165, 1.54) is 11.8 Å². The van der Waals surface area contributed by atoms with Crippen LogP contribution in [0, 0.1) is 0 Å². The number of thioether (sulfide) groups is 1. The quantitative estimate of drug-likeness (QED) is 0.414. The van der Waals surface area contributed by atoms with E-state index in [0.29, 0.717) is 29.8 Å². The van der Waals surface area contributed by atoms with Crippen molar-refractivity contribution in [3.8, 4) is 17.1 Å². The van der Waals surface area contributed by atoms with E-state index in [0.717, 1.165) is 29.9 Å². The maximum atomic E-state index is 12.0. The molecule has 1 N–H and O–H groups in total. The predicted octanol–water partition coefficient (Wildman–Crippen LogP) is 3.60. The number of aromatic nitrogens is 3. The summed E-state index contributed by atoms with van der Waals surface area (Å²) in [7, 11) is 1.63. The monoisotopic (exact) mass is 400 g/mol. The van der Waals surface area contributed by atoms with Crippen LogP contribution in [0.2, 0.25) is 0 Å². The van der Waals surface area contributed by atoms with E-state index in [1.807, 2.05) is 41.0 Å². The molecule has 7 nitrogen and oxygen atoms in total. The molecule has 0 saturated heterocycles. The van der Waals surface area contributed by atoms with Gasteiger partial charge in [0.05, 0.1) is 25.7 Å². The molecule has 28 heavy (non-hydrogen) atoms. The fraction of sp³-hybridized carbons (Fsp3) is 0.350. The van der Waals surface area contributed by atoms with Gasteiger partial charge in [0, 0.05) is 12.1 Å². The Kier molecular flexibility index (Phi) is 7.13. The number of amides is 1. The Hall–Kier alpha value is -2.74. The summed E-state index contributed by atoms with van der Waals surface area (Å²) < 4.78 is 12.7. The second-order valence-corrected chi connectivity index (χ2v) is 7.13. The van der Waals surface area contributed by atoms with Crippen molar-refractivity contribution >= 4 is 17.7 Å². The number of carbonyl (C=O) groups is 1. The van der Waals surface area contributed by atoms with Gasteiger partial charge in [-0.25, -0.2) is 0 Å². The normalized spacial score (nSPS) is 10.8. The van der Waals surface area contributed by atoms with E-state index in [-0.39, 0.29) is 5.91 Å². The van der Waals surface area contributed by atoms with Crippen LogP contribution in [0.15, 0.2) is 52.2 Å². The molecule has 1 amide bonds. The number of furan rings is 1. The van der Waals surface area contributed by atoms with Crippen molar-refractivity contribution in [1.29, 1.82) is 0 Å². The maximum absolute atomic E-state index is 12.0. The highest BCUT2D eigenvalue weighted by molar-refractivity contribution is 7.99. The average molecular weight is 401 g/mol. The standard InChI is InChI=1S/C20H24N4O3S/c1-3-4-11-21-18(25)14-28-20-23-22-19(15-7-9-16(26-2)10-8-15)24(20)13-17-6-5-12-27-17/h5-10,12H,3-4,11,13-14H2,1-2H3,(H,21,25). The summed E-state index contributed by atoms with van der Waals surface area (Å²) in [4.78, 5) is 12.0. The molecule has 0 radical (unpaired) electrons. The third kappa shape index (κ3) is 5.16. The number of nitrogens with one attached hydrogen (secondary N) is 1. The van der Waals surface area contributed by atoms with Gasteiger partial charge in [0.15, 0.2) is 11.0 Å². The van der Waals surface area contributed by atoms with Crippen molar-refractivity contribution in [3.63, 3.8) is 0 Å². The predicted molar refractivity (Wildman–Crippen MR) is 108 cm³/mol. The smallest absolute Gasteiger partial charge is 0.230 e. The molecule has 0 spiro atoms. The van der Waals surface area contributed by atoms with Gasteiger partial charge >= 0.3 is 0 Å². The molecule has 8 heteroatoms. The lowest BCUT2D eigenvalue weighted by Gasteiger charge is -2.09. The number of hydrogen-bond donors (Lipinski definition) is 1. The molecule has 3 aromatic rings. The number of rotatable bonds is 10. The van der Waals surface area contributed by atoms with E-state index in [1.54, 1.807) is 13.4 Å². The van der Waals surface area contributed by atoms with Gasteiger partial charge in [-0.05, 0) is 42.8 Å². The van der Waals surface area contributed by atoms with E-state index in [9.17, 15) is 4.79 Å². The molecule has 1 aromatic carbocycles. The second kappa shape index (κ2) is 9.98. The lowest BCUT2D eigenvalue weighted by atomic mass is 10.2. The Morgan fingerprint density at radius 2 is 2.07 bits per heavy atom. The summed E-state index contributed by atoms with van der Waals surface area (Å²) >= 11 is 1.37. The third-order valence-corrected chi connectivity index (χ3v) is 5.11. The Bertz CT molecular complexity index is 876. The van der Waals surface area contributed by atoms with Crippen LogP contribution < -0.4 is 10.1 Å². The zero-order valence-corrected chi connectivity index (χ0v) is 16.9. The van der Waals surface area contributed by atoms with Crippen LogP contribution in [-0.2, 0) is 11.3 Å². The van der Waals surface area contributed by atoms with Crippen LogP contribution >= 0.6 is 11.8 Å². The molecule has 0 fully saturated rings. The highest BCUT2D eigenvalue weighted by Crippen LogP contribution is 2.26. The average Bonchev–Trinajstić information content (AvgIpc) is 3.37. The van der Waals surface area contributed by atoms with E-state index in [4.69, 9.17) is 9.15 Å². The first-order valence-electron chi connectivity index (χ1n) is 9.20. The van der Waals surface area contributed by atoms with Crippen LogP contribution in [0.4, 0.5) is 0 Å². The van der Waals surface area contributed by atoms with Gasteiger partial charge in [-0.1, -0.05) is 25.1 Å². The minimum Gasteiger partial charge on any atom is -0.497 e. The number of benzene rings is 1. The molecule has 0 bridgehead atoms. The lowest BCUT2D eigenvalue weighted by Crippen LogP contribution is -2.26. The van der Waals surface area contributed by atoms with Gasteiger partial charge in [-0.2, -0.15) is 0 Å². The van der Waals surface area contributed by atoms with Crippen LogP contribution in [0.1, 0.15) is 25.5 Å². The number of nitrogens with zero attached hydrogens (tertiary/aromatic N) is 3. The first kappa shape index (κ1) is 20.0. The fourth-order valence-electron chi connectivity index (χ4n) is 2.64. The molecule has 2 aromatic heterocycles. The molecule has 0 atom stereocenters. The molecular weight excluding hydrogens is 376 g/mol. The zero-order valence-electron chi connectivity index (χ0n) is 16.1. The van der Waals surface area contributed by atoms with Crippen molar-refractivity contribution < 1.29 is 13.9 Å². The van der Waals surface area contributed by atoms with Crippen LogP contribution in [0.3, 0.4) is 0 Å². The van der Waals surface area contributed by atoms with Crippen molar-refractivity contribution in [2.24, 2.45) is 0 Å². The molecule has 0 aliphatic heterocycles. The Labute approximate surface area is 168 Å². The van der Waals surface area contributed by atoms with Gasteiger partial charge in [-0.15, -0.1) is 10.2 Å². The Balaban J connectivity index is 1.79. The number of unbranched alkanes of at least 4 members (excludes halogenated alkanes) is 1. The topological polar surface area (TPSA) is 82.2 Å². The van der Waals surface area contributed by atoms with E-state index in [2.05, 4.69) is 22.4 Å². The number of carbonyl (C=O) groups excluding carboxylic acids is 1. The summed E-state index contributed by atoms with van der Waals surface area (Å²) in [5.41, 5.74) is 0.916. The number of hydrogen-bond acceptors (Lipinski definition) is 6. The summed E-state index contributed by atoms with van der Waals surface area (Å²) in [6.07, 6.45) is 3.67. The van der Waals surface area contributed by atoms with Crippen molar-refractivity contribution in [2.45, 2.75) is 31.5 Å². The van der Waals surface area contributed by atoms with Gasteiger partial charge in [0.2, 0.25) is 5.91 Å². The molecule has 3 rings (SSSR count). The molecule has 2 heterocycles. The lowest BCUT2D eigenvalue weighted by molar-refractivity contribution is -0.118. The minimum atomic E-state index is -0.00278. The first-order valence-corrected chi connectivity index (χ1v) is 10.2. The van der Waals surface area contributed by atoms with Gasteiger partial charge < -0.3 is 14.5 Å². The molecule has 0 unspecified atom stereocenters. The van der Waals surface area contributed by atoms with Crippen LogP contribution in [-0.4, -0.2) is 40.1 Å². The summed E-state index contributed by atoms with van der Waals surface area (Å²) in [5.74, 6) is 2.58.